The number of benzene rings is 2. The Labute approximate surface area is 152 Å². The molecule has 134 valence electrons. The van der Waals surface area contributed by atoms with Gasteiger partial charge in [-0.15, -0.1) is 0 Å². The third-order valence-electron chi connectivity index (χ3n) is 4.07. The molecule has 0 bridgehead atoms. The highest BCUT2D eigenvalue weighted by Crippen LogP contribution is 2.33. The summed E-state index contributed by atoms with van der Waals surface area (Å²) in [6.45, 7) is 5.74. The van der Waals surface area contributed by atoms with Crippen molar-refractivity contribution < 1.29 is 18.3 Å². The second kappa shape index (κ2) is 8.25. The Hall–Kier alpha value is -2.21. The van der Waals surface area contributed by atoms with Crippen molar-refractivity contribution >= 4 is 23.1 Å². The van der Waals surface area contributed by atoms with Crippen LogP contribution in [-0.2, 0) is 11.3 Å². The van der Waals surface area contributed by atoms with Crippen LogP contribution in [0.3, 0.4) is 0 Å². The van der Waals surface area contributed by atoms with Gasteiger partial charge in [-0.2, -0.15) is 0 Å². The van der Waals surface area contributed by atoms with Crippen molar-refractivity contribution in [1.82, 2.24) is 0 Å². The molecule has 0 heterocycles. The van der Waals surface area contributed by atoms with E-state index in [0.29, 0.717) is 0 Å². The minimum Gasteiger partial charge on any atom is -0.488 e. The molecule has 0 radical (unpaired) electrons. The SMILES string of the molecule is COC(=S)Nc1cccc(C)c1COc1cc(C)c(C)cc1C(F)F. The molecular weight excluding hydrogens is 344 g/mol. The molecule has 0 aromatic heterocycles. The number of ether oxygens (including phenoxy) is 2. The lowest BCUT2D eigenvalue weighted by atomic mass is 10.0. The zero-order valence-corrected chi connectivity index (χ0v) is 15.5. The number of alkyl halides is 2. The Morgan fingerprint density at radius 3 is 2.44 bits per heavy atom. The molecule has 0 fully saturated rings. The summed E-state index contributed by atoms with van der Waals surface area (Å²) in [5.41, 5.74) is 4.15. The number of aryl methyl sites for hydroxylation is 3. The molecule has 0 aliphatic heterocycles. The van der Waals surface area contributed by atoms with E-state index in [-0.39, 0.29) is 23.1 Å². The number of halogens is 2. The van der Waals surface area contributed by atoms with Gasteiger partial charge in [-0.3, -0.25) is 0 Å². The summed E-state index contributed by atoms with van der Waals surface area (Å²) in [5, 5.41) is 3.20. The van der Waals surface area contributed by atoms with E-state index in [2.05, 4.69) is 5.32 Å². The second-order valence-corrected chi connectivity index (χ2v) is 6.15. The van der Waals surface area contributed by atoms with Gasteiger partial charge >= 0.3 is 0 Å². The van der Waals surface area contributed by atoms with E-state index in [1.807, 2.05) is 32.0 Å². The first-order valence-corrected chi connectivity index (χ1v) is 8.19. The lowest BCUT2D eigenvalue weighted by Crippen LogP contribution is -2.14. The summed E-state index contributed by atoms with van der Waals surface area (Å²) >= 11 is 5.03. The summed E-state index contributed by atoms with van der Waals surface area (Å²) in [4.78, 5) is 0. The molecule has 0 saturated carbocycles. The van der Waals surface area contributed by atoms with Crippen molar-refractivity contribution in [2.45, 2.75) is 33.8 Å². The number of thiocarbonyl (C=S) groups is 1. The molecule has 1 N–H and O–H groups in total. The molecule has 2 aromatic carbocycles. The van der Waals surface area contributed by atoms with E-state index in [1.54, 1.807) is 13.0 Å². The van der Waals surface area contributed by atoms with E-state index < -0.39 is 6.43 Å². The quantitative estimate of drug-likeness (QED) is 0.712. The predicted molar refractivity (Wildman–Crippen MR) is 99.6 cm³/mol. The summed E-state index contributed by atoms with van der Waals surface area (Å²) in [7, 11) is 1.48. The lowest BCUT2D eigenvalue weighted by Gasteiger charge is -2.17. The van der Waals surface area contributed by atoms with Gasteiger partial charge in [0.2, 0.25) is 0 Å². The Kier molecular flexibility index (Phi) is 6.31. The lowest BCUT2D eigenvalue weighted by molar-refractivity contribution is 0.144. The highest BCUT2D eigenvalue weighted by molar-refractivity contribution is 7.80. The molecule has 6 heteroatoms. The van der Waals surface area contributed by atoms with Crippen LogP contribution in [0.15, 0.2) is 30.3 Å². The molecule has 0 unspecified atom stereocenters. The molecule has 0 saturated heterocycles. The summed E-state index contributed by atoms with van der Waals surface area (Å²) < 4.78 is 37.4. The second-order valence-electron chi connectivity index (χ2n) is 5.78. The van der Waals surface area contributed by atoms with Crippen molar-refractivity contribution in [3.63, 3.8) is 0 Å². The summed E-state index contributed by atoms with van der Waals surface area (Å²) in [5.74, 6) is 0.196. The smallest absolute Gasteiger partial charge is 0.267 e. The van der Waals surface area contributed by atoms with Crippen LogP contribution in [0.25, 0.3) is 0 Å². The minimum atomic E-state index is -2.59. The fourth-order valence-corrected chi connectivity index (χ4v) is 2.54. The maximum Gasteiger partial charge on any atom is 0.267 e. The topological polar surface area (TPSA) is 30.5 Å². The molecule has 0 atom stereocenters. The highest BCUT2D eigenvalue weighted by Gasteiger charge is 2.17. The van der Waals surface area contributed by atoms with Crippen molar-refractivity contribution in [2.24, 2.45) is 0 Å². The molecule has 3 nitrogen and oxygen atoms in total. The molecule has 2 aromatic rings. The van der Waals surface area contributed by atoms with Gasteiger partial charge in [-0.1, -0.05) is 12.1 Å². The van der Waals surface area contributed by atoms with Crippen LogP contribution in [0.1, 0.15) is 34.2 Å². The van der Waals surface area contributed by atoms with Gasteiger partial charge in [-0.05, 0) is 67.9 Å². The van der Waals surface area contributed by atoms with E-state index in [0.717, 1.165) is 27.9 Å². The number of nitrogens with one attached hydrogen (secondary N) is 1. The third kappa shape index (κ3) is 4.66. The summed E-state index contributed by atoms with van der Waals surface area (Å²) in [6, 6.07) is 8.77. The normalized spacial score (nSPS) is 10.7. The molecule has 0 aliphatic carbocycles. The number of hydrogen-bond acceptors (Lipinski definition) is 3. The summed E-state index contributed by atoms with van der Waals surface area (Å²) in [6.07, 6.45) is -2.59. The van der Waals surface area contributed by atoms with Crippen LogP contribution in [-0.4, -0.2) is 12.3 Å². The van der Waals surface area contributed by atoms with Gasteiger partial charge < -0.3 is 14.8 Å². The monoisotopic (exact) mass is 365 g/mol. The molecule has 0 amide bonds. The van der Waals surface area contributed by atoms with E-state index in [4.69, 9.17) is 21.7 Å². The van der Waals surface area contributed by atoms with Crippen LogP contribution in [0.2, 0.25) is 0 Å². The van der Waals surface area contributed by atoms with Crippen molar-refractivity contribution in [1.29, 1.82) is 0 Å². The zero-order chi connectivity index (χ0) is 18.6. The van der Waals surface area contributed by atoms with Crippen LogP contribution >= 0.6 is 12.2 Å². The first-order valence-electron chi connectivity index (χ1n) is 7.79. The molecular formula is C19H21F2NO2S. The van der Waals surface area contributed by atoms with Crippen LogP contribution in [0.5, 0.6) is 5.75 Å². The van der Waals surface area contributed by atoms with Gasteiger partial charge in [0.05, 0.1) is 12.7 Å². The number of anilines is 1. The largest absolute Gasteiger partial charge is 0.488 e. The van der Waals surface area contributed by atoms with Gasteiger partial charge in [0, 0.05) is 11.3 Å². The number of rotatable bonds is 5. The van der Waals surface area contributed by atoms with Crippen LogP contribution in [0.4, 0.5) is 14.5 Å². The number of methoxy groups -OCH3 is 1. The molecule has 2 rings (SSSR count). The first kappa shape index (κ1) is 19.1. The van der Waals surface area contributed by atoms with E-state index >= 15 is 0 Å². The van der Waals surface area contributed by atoms with E-state index in [9.17, 15) is 8.78 Å². The first-order chi connectivity index (χ1) is 11.8. The van der Waals surface area contributed by atoms with Crippen LogP contribution in [0, 0.1) is 20.8 Å². The van der Waals surface area contributed by atoms with Gasteiger partial charge in [0.15, 0.2) is 0 Å². The Balaban J connectivity index is 2.30. The Bertz CT molecular complexity index is 778. The minimum absolute atomic E-state index is 0.0985. The maximum atomic E-state index is 13.3. The number of hydrogen-bond donors (Lipinski definition) is 1. The van der Waals surface area contributed by atoms with Crippen molar-refractivity contribution in [3.8, 4) is 5.75 Å². The van der Waals surface area contributed by atoms with Crippen molar-refractivity contribution in [3.05, 3.63) is 58.1 Å². The Morgan fingerprint density at radius 2 is 1.80 bits per heavy atom. The maximum absolute atomic E-state index is 13.3. The molecule has 0 aliphatic rings. The van der Waals surface area contributed by atoms with Gasteiger partial charge in [0.25, 0.3) is 11.6 Å². The average Bonchev–Trinajstić information content (AvgIpc) is 2.56. The van der Waals surface area contributed by atoms with Crippen molar-refractivity contribution in [2.75, 3.05) is 12.4 Å². The Morgan fingerprint density at radius 1 is 1.12 bits per heavy atom. The predicted octanol–water partition coefficient (Wildman–Crippen LogP) is 5.47. The fraction of sp³-hybridized carbons (Fsp3) is 0.316. The van der Waals surface area contributed by atoms with Crippen LogP contribution < -0.4 is 10.1 Å². The molecule has 0 spiro atoms. The molecule has 25 heavy (non-hydrogen) atoms. The zero-order valence-electron chi connectivity index (χ0n) is 14.7. The fourth-order valence-electron chi connectivity index (χ4n) is 2.43. The average molecular weight is 365 g/mol. The third-order valence-corrected chi connectivity index (χ3v) is 4.33. The highest BCUT2D eigenvalue weighted by atomic mass is 32.1. The van der Waals surface area contributed by atoms with Gasteiger partial charge in [0.1, 0.15) is 12.4 Å². The standard InChI is InChI=1S/C19H21F2NO2S/c1-11-6-5-7-16(22-19(25)23-4)15(11)10-24-17-9-13(3)12(2)8-14(17)18(20)21/h5-9,18H,10H2,1-4H3,(H,22,25). The van der Waals surface area contributed by atoms with Gasteiger partial charge in [-0.25, -0.2) is 8.78 Å². The van der Waals surface area contributed by atoms with E-state index in [1.165, 1.54) is 13.2 Å².